The predicted octanol–water partition coefficient (Wildman–Crippen LogP) is 2.14. The van der Waals surface area contributed by atoms with Gasteiger partial charge in [0.1, 0.15) is 11.6 Å². The highest BCUT2D eigenvalue weighted by Crippen LogP contribution is 2.26. The van der Waals surface area contributed by atoms with E-state index in [2.05, 4.69) is 5.32 Å². The summed E-state index contributed by atoms with van der Waals surface area (Å²) in [6.07, 6.45) is 3.58. The number of carbonyl (C=O) groups is 1. The van der Waals surface area contributed by atoms with E-state index in [9.17, 15) is 13.6 Å². The Morgan fingerprint density at radius 1 is 1.30 bits per heavy atom. The number of hydrogen-bond donors (Lipinski definition) is 2. The molecule has 0 radical (unpaired) electrons. The van der Waals surface area contributed by atoms with Crippen LogP contribution < -0.4 is 11.1 Å². The summed E-state index contributed by atoms with van der Waals surface area (Å²) >= 11 is 0. The minimum atomic E-state index is -0.572. The number of nitrogens with two attached hydrogens (primary N) is 1. The van der Waals surface area contributed by atoms with Gasteiger partial charge in [0.15, 0.2) is 0 Å². The lowest BCUT2D eigenvalue weighted by molar-refractivity contribution is -0.122. The Hall–Kier alpha value is -1.49. The summed E-state index contributed by atoms with van der Waals surface area (Å²) in [5.74, 6) is -1.00. The maximum absolute atomic E-state index is 13.4. The van der Waals surface area contributed by atoms with Crippen molar-refractivity contribution in [3.8, 4) is 0 Å². The van der Waals surface area contributed by atoms with E-state index in [1.807, 2.05) is 0 Å². The van der Waals surface area contributed by atoms with E-state index in [-0.39, 0.29) is 36.4 Å². The molecule has 3 N–H and O–H groups in total. The first-order valence-electron chi connectivity index (χ1n) is 7.03. The van der Waals surface area contributed by atoms with Crippen LogP contribution in [0.15, 0.2) is 18.2 Å². The van der Waals surface area contributed by atoms with Crippen LogP contribution >= 0.6 is 0 Å². The Morgan fingerprint density at radius 2 is 2.00 bits per heavy atom. The Morgan fingerprint density at radius 3 is 2.60 bits per heavy atom. The topological polar surface area (TPSA) is 55.1 Å². The first kappa shape index (κ1) is 14.9. The molecule has 110 valence electrons. The molecular formula is C15H20F2N2O. The lowest BCUT2D eigenvalue weighted by Crippen LogP contribution is -2.32. The van der Waals surface area contributed by atoms with Crippen LogP contribution in [0.4, 0.5) is 8.78 Å². The second-order valence-electron chi connectivity index (χ2n) is 5.36. The van der Waals surface area contributed by atoms with Crippen molar-refractivity contribution in [3.05, 3.63) is 35.4 Å². The Labute approximate surface area is 117 Å². The molecule has 0 heterocycles. The van der Waals surface area contributed by atoms with Crippen molar-refractivity contribution >= 4 is 5.91 Å². The van der Waals surface area contributed by atoms with E-state index in [1.54, 1.807) is 0 Å². The second kappa shape index (κ2) is 6.79. The van der Waals surface area contributed by atoms with Gasteiger partial charge in [-0.15, -0.1) is 0 Å². The van der Waals surface area contributed by atoms with Crippen molar-refractivity contribution in [2.24, 2.45) is 11.7 Å². The number of amides is 1. The molecule has 0 unspecified atom stereocenters. The Bertz CT molecular complexity index is 459. The molecule has 0 aromatic heterocycles. The van der Waals surface area contributed by atoms with Crippen molar-refractivity contribution in [1.82, 2.24) is 5.32 Å². The van der Waals surface area contributed by atoms with Gasteiger partial charge >= 0.3 is 0 Å². The standard InChI is InChI=1S/C15H20F2N2O/c16-12-4-2-5-13(17)11(12)7-8-19-15(20)9-10-3-1-6-14(10)18/h2,4-5,10,14H,1,3,6-9,18H2,(H,19,20)/t10-,14+/m0/s1. The molecule has 2 rings (SSSR count). The molecule has 1 fully saturated rings. The first-order valence-corrected chi connectivity index (χ1v) is 7.03. The summed E-state index contributed by atoms with van der Waals surface area (Å²) < 4.78 is 26.8. The molecule has 0 aliphatic heterocycles. The van der Waals surface area contributed by atoms with Gasteiger partial charge in [-0.25, -0.2) is 8.78 Å². The van der Waals surface area contributed by atoms with Crippen LogP contribution in [-0.4, -0.2) is 18.5 Å². The summed E-state index contributed by atoms with van der Waals surface area (Å²) in [6.45, 7) is 0.235. The van der Waals surface area contributed by atoms with E-state index >= 15 is 0 Å². The lowest BCUT2D eigenvalue weighted by atomic mass is 10.00. The molecule has 1 aliphatic carbocycles. The lowest BCUT2D eigenvalue weighted by Gasteiger charge is -2.14. The average molecular weight is 282 g/mol. The summed E-state index contributed by atoms with van der Waals surface area (Å²) in [7, 11) is 0. The van der Waals surface area contributed by atoms with E-state index < -0.39 is 11.6 Å². The molecule has 0 saturated heterocycles. The molecule has 3 nitrogen and oxygen atoms in total. The molecule has 0 bridgehead atoms. The largest absolute Gasteiger partial charge is 0.356 e. The summed E-state index contributed by atoms with van der Waals surface area (Å²) in [6, 6.07) is 3.87. The third-order valence-corrected chi connectivity index (χ3v) is 3.92. The molecule has 20 heavy (non-hydrogen) atoms. The highest BCUT2D eigenvalue weighted by molar-refractivity contribution is 5.76. The molecule has 1 aromatic rings. The number of hydrogen-bond acceptors (Lipinski definition) is 2. The van der Waals surface area contributed by atoms with Crippen molar-refractivity contribution in [3.63, 3.8) is 0 Å². The fourth-order valence-electron chi connectivity index (χ4n) is 2.73. The normalized spacial score (nSPS) is 21.9. The third kappa shape index (κ3) is 3.76. The zero-order valence-corrected chi connectivity index (χ0v) is 11.4. The molecule has 1 aliphatic rings. The SMILES string of the molecule is N[C@@H]1CCC[C@H]1CC(=O)NCCc1c(F)cccc1F. The van der Waals surface area contributed by atoms with Gasteiger partial charge < -0.3 is 11.1 Å². The van der Waals surface area contributed by atoms with E-state index in [1.165, 1.54) is 18.2 Å². The molecule has 1 amide bonds. The highest BCUT2D eigenvalue weighted by Gasteiger charge is 2.25. The van der Waals surface area contributed by atoms with E-state index in [0.717, 1.165) is 19.3 Å². The molecule has 1 saturated carbocycles. The van der Waals surface area contributed by atoms with Crippen LogP contribution in [0.5, 0.6) is 0 Å². The quantitative estimate of drug-likeness (QED) is 0.869. The monoisotopic (exact) mass is 282 g/mol. The first-order chi connectivity index (χ1) is 9.58. The summed E-state index contributed by atoms with van der Waals surface area (Å²) in [5, 5.41) is 2.71. The second-order valence-corrected chi connectivity index (χ2v) is 5.36. The van der Waals surface area contributed by atoms with Crippen molar-refractivity contribution in [2.45, 2.75) is 38.1 Å². The van der Waals surface area contributed by atoms with Crippen LogP contribution in [0.2, 0.25) is 0 Å². The van der Waals surface area contributed by atoms with Gasteiger partial charge in [-0.1, -0.05) is 12.5 Å². The third-order valence-electron chi connectivity index (χ3n) is 3.92. The number of halogens is 2. The number of benzene rings is 1. The molecule has 1 aromatic carbocycles. The maximum Gasteiger partial charge on any atom is 0.220 e. The molecule has 5 heteroatoms. The van der Waals surface area contributed by atoms with Gasteiger partial charge in [0, 0.05) is 24.6 Å². The average Bonchev–Trinajstić information content (AvgIpc) is 2.79. The fraction of sp³-hybridized carbons (Fsp3) is 0.533. The van der Waals surface area contributed by atoms with Gasteiger partial charge in [0.2, 0.25) is 5.91 Å². The van der Waals surface area contributed by atoms with E-state index in [0.29, 0.717) is 6.42 Å². The number of carbonyl (C=O) groups excluding carboxylic acids is 1. The number of rotatable bonds is 5. The zero-order chi connectivity index (χ0) is 14.5. The van der Waals surface area contributed by atoms with Crippen LogP contribution in [0.1, 0.15) is 31.2 Å². The Kier molecular flexibility index (Phi) is 5.06. The van der Waals surface area contributed by atoms with Crippen LogP contribution in [0.25, 0.3) is 0 Å². The molecular weight excluding hydrogens is 262 g/mol. The van der Waals surface area contributed by atoms with Crippen LogP contribution in [-0.2, 0) is 11.2 Å². The van der Waals surface area contributed by atoms with Crippen molar-refractivity contribution in [1.29, 1.82) is 0 Å². The van der Waals surface area contributed by atoms with E-state index in [4.69, 9.17) is 5.73 Å². The van der Waals surface area contributed by atoms with Gasteiger partial charge in [0.05, 0.1) is 0 Å². The van der Waals surface area contributed by atoms with Gasteiger partial charge in [-0.2, -0.15) is 0 Å². The fourth-order valence-corrected chi connectivity index (χ4v) is 2.73. The minimum Gasteiger partial charge on any atom is -0.356 e. The zero-order valence-electron chi connectivity index (χ0n) is 11.4. The van der Waals surface area contributed by atoms with Crippen molar-refractivity contribution in [2.75, 3.05) is 6.54 Å². The van der Waals surface area contributed by atoms with Gasteiger partial charge in [-0.3, -0.25) is 4.79 Å². The summed E-state index contributed by atoms with van der Waals surface area (Å²) in [4.78, 5) is 11.8. The number of nitrogens with one attached hydrogen (secondary N) is 1. The molecule has 2 atom stereocenters. The van der Waals surface area contributed by atoms with Gasteiger partial charge in [-0.05, 0) is 37.3 Å². The minimum absolute atomic E-state index is 0.0189. The predicted molar refractivity (Wildman–Crippen MR) is 73.0 cm³/mol. The summed E-state index contributed by atoms with van der Waals surface area (Å²) in [5.41, 5.74) is 5.93. The smallest absolute Gasteiger partial charge is 0.220 e. The Balaban J connectivity index is 1.77. The molecule has 0 spiro atoms. The van der Waals surface area contributed by atoms with Gasteiger partial charge in [0.25, 0.3) is 0 Å². The maximum atomic E-state index is 13.4. The van der Waals surface area contributed by atoms with Crippen LogP contribution in [0.3, 0.4) is 0 Å². The highest BCUT2D eigenvalue weighted by atomic mass is 19.1. The van der Waals surface area contributed by atoms with Crippen molar-refractivity contribution < 1.29 is 13.6 Å². The van der Waals surface area contributed by atoms with Crippen LogP contribution in [0, 0.1) is 17.6 Å².